The molecule has 3 nitrogen and oxygen atoms in total. The monoisotopic (exact) mass is 269 g/mol. The van der Waals surface area contributed by atoms with Gasteiger partial charge in [-0.15, -0.1) is 0 Å². The van der Waals surface area contributed by atoms with E-state index in [1.165, 1.54) is 25.7 Å². The molecule has 112 valence electrons. The Morgan fingerprint density at radius 3 is 2.37 bits per heavy atom. The average Bonchev–Trinajstić information content (AvgIpc) is 2.86. The molecule has 19 heavy (non-hydrogen) atoms. The number of carboxylic acid groups (broad SMARTS) is 1. The van der Waals surface area contributed by atoms with Crippen LogP contribution in [0.1, 0.15) is 72.1 Å². The molecule has 0 heterocycles. The van der Waals surface area contributed by atoms with Crippen molar-refractivity contribution in [2.24, 2.45) is 5.92 Å². The standard InChI is InChI=1S/C16H31NO2/c1-4-5-10-15(16(18)19)17(12-11-13(2)3)14-8-6-7-9-14/h13-15H,4-12H2,1-3H3,(H,18,19). The second-order valence-electron chi connectivity index (χ2n) is 6.35. The van der Waals surface area contributed by atoms with Gasteiger partial charge in [0.15, 0.2) is 0 Å². The number of carboxylic acids is 1. The summed E-state index contributed by atoms with van der Waals surface area (Å²) in [5.41, 5.74) is 0. The molecule has 0 aromatic heterocycles. The molecule has 1 unspecified atom stereocenters. The molecular formula is C16H31NO2. The lowest BCUT2D eigenvalue weighted by Gasteiger charge is -2.34. The van der Waals surface area contributed by atoms with Crippen LogP contribution in [0.2, 0.25) is 0 Å². The number of hydrogen-bond donors (Lipinski definition) is 1. The van der Waals surface area contributed by atoms with Crippen molar-refractivity contribution in [3.63, 3.8) is 0 Å². The van der Waals surface area contributed by atoms with Gasteiger partial charge in [-0.3, -0.25) is 9.69 Å². The maximum atomic E-state index is 11.6. The number of rotatable bonds is 9. The second kappa shape index (κ2) is 8.57. The van der Waals surface area contributed by atoms with Gasteiger partial charge in [-0.25, -0.2) is 0 Å². The predicted octanol–water partition coefficient (Wildman–Crippen LogP) is 3.92. The van der Waals surface area contributed by atoms with Crippen LogP contribution in [0.5, 0.6) is 0 Å². The van der Waals surface area contributed by atoms with Crippen LogP contribution < -0.4 is 0 Å². The van der Waals surface area contributed by atoms with Crippen LogP contribution in [0.15, 0.2) is 0 Å². The van der Waals surface area contributed by atoms with Crippen LogP contribution in [0.25, 0.3) is 0 Å². The van der Waals surface area contributed by atoms with Gasteiger partial charge in [0.1, 0.15) is 6.04 Å². The topological polar surface area (TPSA) is 40.5 Å². The molecule has 1 rings (SSSR count). The molecule has 0 spiro atoms. The summed E-state index contributed by atoms with van der Waals surface area (Å²) in [4.78, 5) is 13.9. The summed E-state index contributed by atoms with van der Waals surface area (Å²) in [6, 6.07) is 0.249. The van der Waals surface area contributed by atoms with Crippen LogP contribution in [0.4, 0.5) is 0 Å². The zero-order valence-corrected chi connectivity index (χ0v) is 12.9. The molecule has 0 aromatic rings. The van der Waals surface area contributed by atoms with E-state index in [1.807, 2.05) is 0 Å². The Morgan fingerprint density at radius 1 is 1.26 bits per heavy atom. The lowest BCUT2D eigenvalue weighted by Crippen LogP contribution is -2.47. The quantitative estimate of drug-likeness (QED) is 0.689. The molecular weight excluding hydrogens is 238 g/mol. The van der Waals surface area contributed by atoms with Crippen molar-refractivity contribution >= 4 is 5.97 Å². The SMILES string of the molecule is CCCCC(C(=O)O)N(CCC(C)C)C1CCCC1. The van der Waals surface area contributed by atoms with E-state index in [0.29, 0.717) is 12.0 Å². The van der Waals surface area contributed by atoms with E-state index in [4.69, 9.17) is 0 Å². The predicted molar refractivity (Wildman–Crippen MR) is 79.4 cm³/mol. The van der Waals surface area contributed by atoms with E-state index in [0.717, 1.165) is 32.2 Å². The van der Waals surface area contributed by atoms with Crippen molar-refractivity contribution in [3.8, 4) is 0 Å². The first-order chi connectivity index (χ1) is 9.06. The molecule has 0 amide bonds. The van der Waals surface area contributed by atoms with Crippen molar-refractivity contribution in [3.05, 3.63) is 0 Å². The average molecular weight is 269 g/mol. The Bertz CT molecular complexity index is 259. The maximum absolute atomic E-state index is 11.6. The van der Waals surface area contributed by atoms with Gasteiger partial charge in [-0.2, -0.15) is 0 Å². The summed E-state index contributed by atoms with van der Waals surface area (Å²) in [5, 5.41) is 9.55. The molecule has 1 fully saturated rings. The highest BCUT2D eigenvalue weighted by molar-refractivity contribution is 5.73. The molecule has 1 saturated carbocycles. The number of carbonyl (C=O) groups is 1. The molecule has 1 N–H and O–H groups in total. The van der Waals surface area contributed by atoms with Crippen LogP contribution in [0, 0.1) is 5.92 Å². The Labute approximate surface area is 118 Å². The highest BCUT2D eigenvalue weighted by Gasteiger charge is 2.32. The minimum Gasteiger partial charge on any atom is -0.480 e. The molecule has 0 aliphatic heterocycles. The number of nitrogens with zero attached hydrogens (tertiary/aromatic N) is 1. The van der Waals surface area contributed by atoms with Gasteiger partial charge in [0, 0.05) is 6.04 Å². The lowest BCUT2D eigenvalue weighted by molar-refractivity contribution is -0.144. The lowest BCUT2D eigenvalue weighted by atomic mass is 10.0. The zero-order valence-electron chi connectivity index (χ0n) is 12.9. The minimum atomic E-state index is -0.621. The fourth-order valence-electron chi connectivity index (χ4n) is 3.06. The molecule has 0 radical (unpaired) electrons. The van der Waals surface area contributed by atoms with E-state index >= 15 is 0 Å². The summed E-state index contributed by atoms with van der Waals surface area (Å²) < 4.78 is 0. The highest BCUT2D eigenvalue weighted by Crippen LogP contribution is 2.27. The maximum Gasteiger partial charge on any atom is 0.320 e. The van der Waals surface area contributed by atoms with Crippen molar-refractivity contribution in [2.45, 2.75) is 84.2 Å². The van der Waals surface area contributed by atoms with Crippen LogP contribution in [-0.4, -0.2) is 34.6 Å². The van der Waals surface area contributed by atoms with Crippen molar-refractivity contribution in [1.82, 2.24) is 4.90 Å². The van der Waals surface area contributed by atoms with Crippen molar-refractivity contribution in [2.75, 3.05) is 6.54 Å². The molecule has 0 bridgehead atoms. The molecule has 0 saturated heterocycles. The van der Waals surface area contributed by atoms with Gasteiger partial charge in [0.05, 0.1) is 0 Å². The third-order valence-corrected chi connectivity index (χ3v) is 4.27. The molecule has 3 heteroatoms. The third kappa shape index (κ3) is 5.52. The Morgan fingerprint density at radius 2 is 1.89 bits per heavy atom. The Balaban J connectivity index is 2.68. The summed E-state index contributed by atoms with van der Waals surface area (Å²) in [6.07, 6.45) is 8.91. The normalized spacial score (nSPS) is 18.4. The first kappa shape index (κ1) is 16.5. The minimum absolute atomic E-state index is 0.262. The number of aliphatic carboxylic acids is 1. The summed E-state index contributed by atoms with van der Waals surface area (Å²) in [7, 11) is 0. The van der Waals surface area contributed by atoms with Gasteiger partial charge in [0.2, 0.25) is 0 Å². The van der Waals surface area contributed by atoms with Gasteiger partial charge >= 0.3 is 5.97 Å². The van der Waals surface area contributed by atoms with E-state index in [9.17, 15) is 9.90 Å². The van der Waals surface area contributed by atoms with Gasteiger partial charge in [-0.1, -0.05) is 46.5 Å². The van der Waals surface area contributed by atoms with Crippen LogP contribution in [0.3, 0.4) is 0 Å². The third-order valence-electron chi connectivity index (χ3n) is 4.27. The van der Waals surface area contributed by atoms with Crippen LogP contribution >= 0.6 is 0 Å². The van der Waals surface area contributed by atoms with Gasteiger partial charge in [-0.05, 0) is 38.1 Å². The van der Waals surface area contributed by atoms with E-state index in [2.05, 4.69) is 25.7 Å². The summed E-state index contributed by atoms with van der Waals surface area (Å²) in [5.74, 6) is 0.0219. The van der Waals surface area contributed by atoms with E-state index in [-0.39, 0.29) is 6.04 Å². The number of hydrogen-bond acceptors (Lipinski definition) is 2. The fraction of sp³-hybridized carbons (Fsp3) is 0.938. The molecule has 1 aliphatic rings. The Hall–Kier alpha value is -0.570. The zero-order chi connectivity index (χ0) is 14.3. The van der Waals surface area contributed by atoms with Crippen molar-refractivity contribution < 1.29 is 9.90 Å². The van der Waals surface area contributed by atoms with Crippen molar-refractivity contribution in [1.29, 1.82) is 0 Å². The molecule has 1 aliphatic carbocycles. The molecule has 0 aromatic carbocycles. The highest BCUT2D eigenvalue weighted by atomic mass is 16.4. The largest absolute Gasteiger partial charge is 0.480 e. The Kier molecular flexibility index (Phi) is 7.44. The van der Waals surface area contributed by atoms with E-state index in [1.54, 1.807) is 0 Å². The van der Waals surface area contributed by atoms with Gasteiger partial charge in [0.25, 0.3) is 0 Å². The summed E-state index contributed by atoms with van der Waals surface area (Å²) >= 11 is 0. The van der Waals surface area contributed by atoms with Crippen LogP contribution in [-0.2, 0) is 4.79 Å². The van der Waals surface area contributed by atoms with Gasteiger partial charge < -0.3 is 5.11 Å². The number of unbranched alkanes of at least 4 members (excludes halogenated alkanes) is 1. The smallest absolute Gasteiger partial charge is 0.320 e. The summed E-state index contributed by atoms with van der Waals surface area (Å²) in [6.45, 7) is 7.51. The second-order valence-corrected chi connectivity index (χ2v) is 6.35. The van der Waals surface area contributed by atoms with E-state index < -0.39 is 5.97 Å². The molecule has 1 atom stereocenters. The fourth-order valence-corrected chi connectivity index (χ4v) is 3.06. The first-order valence-corrected chi connectivity index (χ1v) is 8.04. The first-order valence-electron chi connectivity index (χ1n) is 8.04.